The van der Waals surface area contributed by atoms with Gasteiger partial charge in [0.2, 0.25) is 0 Å². The first kappa shape index (κ1) is 15.3. The normalized spacial score (nSPS) is 10.3. The zero-order valence-corrected chi connectivity index (χ0v) is 13.3. The maximum Gasteiger partial charge on any atom is 0.170 e. The van der Waals surface area contributed by atoms with E-state index in [4.69, 9.17) is 17.0 Å². The second kappa shape index (κ2) is 7.09. The summed E-state index contributed by atoms with van der Waals surface area (Å²) in [6.45, 7) is 6.14. The van der Waals surface area contributed by atoms with Crippen LogP contribution in [0.1, 0.15) is 19.4 Å². The first-order valence-corrected chi connectivity index (χ1v) is 7.36. The molecule has 2 N–H and O–H groups in total. The molecule has 0 aliphatic heterocycles. The summed E-state index contributed by atoms with van der Waals surface area (Å²) >= 11 is 5.21. The van der Waals surface area contributed by atoms with Crippen LogP contribution in [0.25, 0.3) is 0 Å². The topological polar surface area (TPSA) is 33.3 Å². The molecule has 0 saturated heterocycles. The first-order chi connectivity index (χ1) is 10.0. The number of aryl methyl sites for hydroxylation is 1. The van der Waals surface area contributed by atoms with E-state index in [0.717, 1.165) is 17.2 Å². The predicted octanol–water partition coefficient (Wildman–Crippen LogP) is 4.48. The zero-order valence-electron chi connectivity index (χ0n) is 12.5. The number of rotatable bonds is 4. The summed E-state index contributed by atoms with van der Waals surface area (Å²) in [5, 5.41) is 6.90. The average Bonchev–Trinajstić information content (AvgIpc) is 2.40. The van der Waals surface area contributed by atoms with E-state index in [1.54, 1.807) is 0 Å². The number of hydrogen-bond acceptors (Lipinski definition) is 2. The molecule has 2 aromatic carbocycles. The van der Waals surface area contributed by atoms with Crippen molar-refractivity contribution in [1.82, 2.24) is 5.32 Å². The Hall–Kier alpha value is -2.07. The molecular formula is C17H20N2OS. The molecule has 4 heteroatoms. The lowest BCUT2D eigenvalue weighted by atomic mass is 10.2. The van der Waals surface area contributed by atoms with E-state index in [2.05, 4.69) is 10.6 Å². The van der Waals surface area contributed by atoms with Gasteiger partial charge in [0, 0.05) is 11.7 Å². The van der Waals surface area contributed by atoms with Gasteiger partial charge >= 0.3 is 0 Å². The molecule has 0 bridgehead atoms. The molecule has 0 unspecified atom stereocenters. The van der Waals surface area contributed by atoms with Gasteiger partial charge in [0.1, 0.15) is 11.5 Å². The molecule has 0 spiro atoms. The number of thiocarbonyl (C=S) groups is 1. The molecule has 0 aliphatic carbocycles. The summed E-state index contributed by atoms with van der Waals surface area (Å²) in [6, 6.07) is 16.0. The zero-order chi connectivity index (χ0) is 15.2. The van der Waals surface area contributed by atoms with Gasteiger partial charge in [-0.1, -0.05) is 12.1 Å². The Morgan fingerprint density at radius 1 is 1.05 bits per heavy atom. The second-order valence-electron chi connectivity index (χ2n) is 5.20. The van der Waals surface area contributed by atoms with Crippen LogP contribution in [-0.2, 0) is 0 Å². The van der Waals surface area contributed by atoms with E-state index in [0.29, 0.717) is 11.2 Å². The van der Waals surface area contributed by atoms with Gasteiger partial charge in [0.25, 0.3) is 0 Å². The molecule has 2 rings (SSSR count). The third kappa shape index (κ3) is 5.08. The number of anilines is 1. The van der Waals surface area contributed by atoms with Crippen LogP contribution in [0.4, 0.5) is 5.69 Å². The minimum Gasteiger partial charge on any atom is -0.457 e. The molecule has 0 atom stereocenters. The summed E-state index contributed by atoms with van der Waals surface area (Å²) in [5.74, 6) is 1.64. The van der Waals surface area contributed by atoms with Crippen molar-refractivity contribution < 1.29 is 4.74 Å². The van der Waals surface area contributed by atoms with Crippen LogP contribution in [0, 0.1) is 6.92 Å². The molecule has 0 aromatic heterocycles. The van der Waals surface area contributed by atoms with Gasteiger partial charge in [0.05, 0.1) is 0 Å². The summed E-state index contributed by atoms with van der Waals surface area (Å²) in [7, 11) is 0. The van der Waals surface area contributed by atoms with Crippen LogP contribution in [0.2, 0.25) is 0 Å². The number of benzene rings is 2. The Morgan fingerprint density at radius 3 is 2.38 bits per heavy atom. The van der Waals surface area contributed by atoms with Gasteiger partial charge in [-0.2, -0.15) is 0 Å². The molecule has 0 saturated carbocycles. The molecule has 0 amide bonds. The van der Waals surface area contributed by atoms with Crippen molar-refractivity contribution in [1.29, 1.82) is 0 Å². The van der Waals surface area contributed by atoms with Crippen molar-refractivity contribution in [3.05, 3.63) is 54.1 Å². The standard InChI is InChI=1S/C17H20N2OS/c1-12(2)18-17(21)19-14-7-9-15(10-8-14)20-16-6-4-5-13(3)11-16/h4-12H,1-3H3,(H2,18,19,21). The largest absolute Gasteiger partial charge is 0.457 e. The fourth-order valence-corrected chi connectivity index (χ4v) is 2.20. The van der Waals surface area contributed by atoms with Crippen LogP contribution in [-0.4, -0.2) is 11.2 Å². The van der Waals surface area contributed by atoms with Crippen LogP contribution in [0.5, 0.6) is 11.5 Å². The quantitative estimate of drug-likeness (QED) is 0.816. The smallest absolute Gasteiger partial charge is 0.170 e. The highest BCUT2D eigenvalue weighted by Crippen LogP contribution is 2.23. The molecule has 2 aromatic rings. The Morgan fingerprint density at radius 2 is 1.76 bits per heavy atom. The van der Waals surface area contributed by atoms with Gasteiger partial charge in [-0.15, -0.1) is 0 Å². The fourth-order valence-electron chi connectivity index (χ4n) is 1.85. The summed E-state index contributed by atoms with van der Waals surface area (Å²) in [6.07, 6.45) is 0. The lowest BCUT2D eigenvalue weighted by molar-refractivity contribution is 0.482. The fraction of sp³-hybridized carbons (Fsp3) is 0.235. The van der Waals surface area contributed by atoms with E-state index < -0.39 is 0 Å². The second-order valence-corrected chi connectivity index (χ2v) is 5.60. The minimum atomic E-state index is 0.314. The molecule has 0 aliphatic rings. The van der Waals surface area contributed by atoms with Crippen LogP contribution in [0.15, 0.2) is 48.5 Å². The van der Waals surface area contributed by atoms with Gasteiger partial charge in [-0.05, 0) is 75.0 Å². The monoisotopic (exact) mass is 300 g/mol. The molecular weight excluding hydrogens is 280 g/mol. The van der Waals surface area contributed by atoms with E-state index in [-0.39, 0.29) is 0 Å². The van der Waals surface area contributed by atoms with Gasteiger partial charge in [0.15, 0.2) is 5.11 Å². The van der Waals surface area contributed by atoms with E-state index in [1.165, 1.54) is 5.56 Å². The summed E-state index contributed by atoms with van der Waals surface area (Å²) in [5.41, 5.74) is 2.11. The average molecular weight is 300 g/mol. The van der Waals surface area contributed by atoms with Gasteiger partial charge < -0.3 is 15.4 Å². The Labute approximate surface area is 131 Å². The summed E-state index contributed by atoms with van der Waals surface area (Å²) < 4.78 is 5.81. The molecule has 3 nitrogen and oxygen atoms in total. The maximum atomic E-state index is 5.81. The number of nitrogens with one attached hydrogen (secondary N) is 2. The molecule has 110 valence electrons. The van der Waals surface area contributed by atoms with Crippen molar-refractivity contribution in [3.8, 4) is 11.5 Å². The minimum absolute atomic E-state index is 0.314. The molecule has 0 fully saturated rings. The van der Waals surface area contributed by atoms with Gasteiger partial charge in [-0.25, -0.2) is 0 Å². The first-order valence-electron chi connectivity index (χ1n) is 6.95. The molecule has 0 heterocycles. The highest BCUT2D eigenvalue weighted by atomic mass is 32.1. The van der Waals surface area contributed by atoms with Crippen molar-refractivity contribution in [2.45, 2.75) is 26.8 Å². The van der Waals surface area contributed by atoms with Crippen molar-refractivity contribution >= 4 is 23.0 Å². The van der Waals surface area contributed by atoms with Gasteiger partial charge in [-0.3, -0.25) is 0 Å². The number of hydrogen-bond donors (Lipinski definition) is 2. The maximum absolute atomic E-state index is 5.81. The SMILES string of the molecule is Cc1cccc(Oc2ccc(NC(=S)NC(C)C)cc2)c1. The van der Waals surface area contributed by atoms with Crippen LogP contribution in [0.3, 0.4) is 0 Å². The lowest BCUT2D eigenvalue weighted by Gasteiger charge is -2.13. The Kier molecular flexibility index (Phi) is 5.17. The predicted molar refractivity (Wildman–Crippen MR) is 92.2 cm³/mol. The van der Waals surface area contributed by atoms with Crippen LogP contribution >= 0.6 is 12.2 Å². The van der Waals surface area contributed by atoms with Crippen molar-refractivity contribution in [3.63, 3.8) is 0 Å². The third-order valence-electron chi connectivity index (χ3n) is 2.76. The van der Waals surface area contributed by atoms with E-state index >= 15 is 0 Å². The van der Waals surface area contributed by atoms with E-state index in [1.807, 2.05) is 69.3 Å². The van der Waals surface area contributed by atoms with Crippen molar-refractivity contribution in [2.24, 2.45) is 0 Å². The lowest BCUT2D eigenvalue weighted by Crippen LogP contribution is -2.33. The highest BCUT2D eigenvalue weighted by Gasteiger charge is 2.01. The molecule has 0 radical (unpaired) electrons. The van der Waals surface area contributed by atoms with Crippen molar-refractivity contribution in [2.75, 3.05) is 5.32 Å². The Bertz CT molecular complexity index is 608. The van der Waals surface area contributed by atoms with Crippen LogP contribution < -0.4 is 15.4 Å². The third-order valence-corrected chi connectivity index (χ3v) is 2.98. The Balaban J connectivity index is 1.97. The molecule has 21 heavy (non-hydrogen) atoms. The van der Waals surface area contributed by atoms with E-state index in [9.17, 15) is 0 Å². The summed E-state index contributed by atoms with van der Waals surface area (Å²) in [4.78, 5) is 0. The number of ether oxygens (including phenoxy) is 1. The highest BCUT2D eigenvalue weighted by molar-refractivity contribution is 7.80.